The molecule has 1 N–H and O–H groups in total. The van der Waals surface area contributed by atoms with Gasteiger partial charge in [0.05, 0.1) is 5.41 Å². The van der Waals surface area contributed by atoms with E-state index in [-0.39, 0.29) is 5.91 Å². The summed E-state index contributed by atoms with van der Waals surface area (Å²) in [6.45, 7) is 1.12. The van der Waals surface area contributed by atoms with E-state index >= 15 is 0 Å². The molecule has 1 amide bonds. The third kappa shape index (κ3) is 2.70. The predicted octanol–water partition coefficient (Wildman–Crippen LogP) is 3.89. The minimum Gasteiger partial charge on any atom is -0.486 e. The van der Waals surface area contributed by atoms with E-state index in [0.29, 0.717) is 13.2 Å². The summed E-state index contributed by atoms with van der Waals surface area (Å²) in [4.78, 5) is 12.8. The lowest BCUT2D eigenvalue weighted by Gasteiger charge is -2.21. The molecular weight excluding hydrogens is 358 g/mol. The second-order valence-electron chi connectivity index (χ2n) is 5.91. The van der Waals surface area contributed by atoms with Gasteiger partial charge in [-0.25, -0.2) is 0 Å². The number of nitrogens with one attached hydrogen (secondary N) is 1. The number of rotatable bonds is 3. The molecule has 0 spiro atoms. The van der Waals surface area contributed by atoms with Crippen LogP contribution in [0.5, 0.6) is 11.5 Å². The first-order chi connectivity index (χ1) is 11.2. The summed E-state index contributed by atoms with van der Waals surface area (Å²) in [5, 5.41) is 3.02. The molecule has 2 aromatic carbocycles. The zero-order chi connectivity index (χ0) is 15.9. The average Bonchev–Trinajstić information content (AvgIpc) is 3.36. The van der Waals surface area contributed by atoms with Crippen LogP contribution in [0.15, 0.2) is 46.9 Å². The molecule has 0 unspecified atom stereocenters. The Bertz CT molecular complexity index is 771. The van der Waals surface area contributed by atoms with Crippen molar-refractivity contribution in [1.82, 2.24) is 0 Å². The SMILES string of the molecule is O=C(Nc1cccc(Br)c1)C1(c2ccc3c(c2)OCCO3)CC1. The number of carbonyl (C=O) groups excluding carboxylic acids is 1. The van der Waals surface area contributed by atoms with Crippen LogP contribution in [0, 0.1) is 0 Å². The van der Waals surface area contributed by atoms with Gasteiger partial charge in [0.2, 0.25) is 5.91 Å². The smallest absolute Gasteiger partial charge is 0.235 e. The number of anilines is 1. The van der Waals surface area contributed by atoms with Crippen LogP contribution in [0.25, 0.3) is 0 Å². The van der Waals surface area contributed by atoms with Crippen molar-refractivity contribution >= 4 is 27.5 Å². The van der Waals surface area contributed by atoms with Gasteiger partial charge in [0.1, 0.15) is 13.2 Å². The first-order valence-electron chi connectivity index (χ1n) is 7.65. The molecule has 1 aliphatic carbocycles. The van der Waals surface area contributed by atoms with Gasteiger partial charge in [0.15, 0.2) is 11.5 Å². The summed E-state index contributed by atoms with van der Waals surface area (Å²) in [7, 11) is 0. The van der Waals surface area contributed by atoms with Gasteiger partial charge in [0, 0.05) is 10.2 Å². The molecule has 23 heavy (non-hydrogen) atoms. The number of hydrogen-bond donors (Lipinski definition) is 1. The molecule has 5 heteroatoms. The molecule has 0 bridgehead atoms. The molecule has 0 radical (unpaired) electrons. The Kier molecular flexibility index (Phi) is 3.53. The van der Waals surface area contributed by atoms with Gasteiger partial charge in [0.25, 0.3) is 0 Å². The maximum Gasteiger partial charge on any atom is 0.235 e. The van der Waals surface area contributed by atoms with Crippen molar-refractivity contribution in [2.24, 2.45) is 0 Å². The highest BCUT2D eigenvalue weighted by Crippen LogP contribution is 2.50. The van der Waals surface area contributed by atoms with Crippen molar-refractivity contribution in [3.8, 4) is 11.5 Å². The lowest BCUT2D eigenvalue weighted by atomic mass is 9.94. The molecule has 118 valence electrons. The molecule has 1 heterocycles. The fourth-order valence-corrected chi connectivity index (χ4v) is 3.33. The van der Waals surface area contributed by atoms with Gasteiger partial charge in [-0.1, -0.05) is 28.1 Å². The van der Waals surface area contributed by atoms with Gasteiger partial charge in [-0.15, -0.1) is 0 Å². The summed E-state index contributed by atoms with van der Waals surface area (Å²) in [6, 6.07) is 13.5. The second kappa shape index (κ2) is 5.57. The Labute approximate surface area is 142 Å². The van der Waals surface area contributed by atoms with E-state index in [1.165, 1.54) is 0 Å². The Morgan fingerprint density at radius 1 is 1.04 bits per heavy atom. The number of amides is 1. The third-order valence-electron chi connectivity index (χ3n) is 4.36. The molecule has 0 saturated heterocycles. The van der Waals surface area contributed by atoms with Crippen molar-refractivity contribution < 1.29 is 14.3 Å². The number of halogens is 1. The Morgan fingerprint density at radius 2 is 1.83 bits per heavy atom. The van der Waals surface area contributed by atoms with Gasteiger partial charge in [-0.2, -0.15) is 0 Å². The van der Waals surface area contributed by atoms with E-state index in [0.717, 1.165) is 40.1 Å². The van der Waals surface area contributed by atoms with E-state index in [9.17, 15) is 4.79 Å². The Morgan fingerprint density at radius 3 is 2.57 bits per heavy atom. The standard InChI is InChI=1S/C18H16BrNO3/c19-13-2-1-3-14(11-13)20-17(21)18(6-7-18)12-4-5-15-16(10-12)23-9-8-22-15/h1-5,10-11H,6-9H2,(H,20,21). The Hall–Kier alpha value is -2.01. The zero-order valence-corrected chi connectivity index (χ0v) is 14.1. The van der Waals surface area contributed by atoms with E-state index in [2.05, 4.69) is 21.2 Å². The van der Waals surface area contributed by atoms with Gasteiger partial charge in [-0.3, -0.25) is 4.79 Å². The predicted molar refractivity (Wildman–Crippen MR) is 91.1 cm³/mol. The number of ether oxygens (including phenoxy) is 2. The molecular formula is C18H16BrNO3. The minimum absolute atomic E-state index is 0.0345. The summed E-state index contributed by atoms with van der Waals surface area (Å²) < 4.78 is 12.1. The second-order valence-corrected chi connectivity index (χ2v) is 6.82. The average molecular weight is 374 g/mol. The molecule has 1 fully saturated rings. The molecule has 4 rings (SSSR count). The Balaban J connectivity index is 1.59. The van der Waals surface area contributed by atoms with Crippen molar-refractivity contribution in [3.05, 3.63) is 52.5 Å². The van der Waals surface area contributed by atoms with Gasteiger partial charge >= 0.3 is 0 Å². The molecule has 4 nitrogen and oxygen atoms in total. The number of fused-ring (bicyclic) bond motifs is 1. The van der Waals surface area contributed by atoms with Crippen LogP contribution in [-0.4, -0.2) is 19.1 Å². The minimum atomic E-state index is -0.446. The molecule has 2 aromatic rings. The lowest BCUT2D eigenvalue weighted by molar-refractivity contribution is -0.118. The zero-order valence-electron chi connectivity index (χ0n) is 12.5. The summed E-state index contributed by atoms with van der Waals surface area (Å²) in [6.07, 6.45) is 1.71. The van der Waals surface area contributed by atoms with Crippen LogP contribution < -0.4 is 14.8 Å². The van der Waals surface area contributed by atoms with E-state index in [1.54, 1.807) is 0 Å². The molecule has 0 atom stereocenters. The van der Waals surface area contributed by atoms with Crippen molar-refractivity contribution in [2.45, 2.75) is 18.3 Å². The maximum atomic E-state index is 12.8. The monoisotopic (exact) mass is 373 g/mol. The molecule has 2 aliphatic rings. The summed E-state index contributed by atoms with van der Waals surface area (Å²) >= 11 is 3.42. The fourth-order valence-electron chi connectivity index (χ4n) is 2.93. The molecule has 1 aliphatic heterocycles. The molecule has 0 aromatic heterocycles. The third-order valence-corrected chi connectivity index (χ3v) is 4.86. The number of benzene rings is 2. The summed E-state index contributed by atoms with van der Waals surface area (Å²) in [5.41, 5.74) is 1.35. The van der Waals surface area contributed by atoms with Crippen LogP contribution >= 0.6 is 15.9 Å². The largest absolute Gasteiger partial charge is 0.486 e. The fraction of sp³-hybridized carbons (Fsp3) is 0.278. The van der Waals surface area contributed by atoms with Crippen LogP contribution in [0.1, 0.15) is 18.4 Å². The van der Waals surface area contributed by atoms with Crippen molar-refractivity contribution in [3.63, 3.8) is 0 Å². The van der Waals surface area contributed by atoms with Crippen LogP contribution in [0.4, 0.5) is 5.69 Å². The van der Waals surface area contributed by atoms with Gasteiger partial charge < -0.3 is 14.8 Å². The highest BCUT2D eigenvalue weighted by atomic mass is 79.9. The van der Waals surface area contributed by atoms with Crippen LogP contribution in [-0.2, 0) is 10.2 Å². The van der Waals surface area contributed by atoms with Crippen LogP contribution in [0.2, 0.25) is 0 Å². The highest BCUT2D eigenvalue weighted by molar-refractivity contribution is 9.10. The van der Waals surface area contributed by atoms with Gasteiger partial charge in [-0.05, 0) is 48.7 Å². The van der Waals surface area contributed by atoms with Crippen molar-refractivity contribution in [2.75, 3.05) is 18.5 Å². The first kappa shape index (κ1) is 14.6. The number of carbonyl (C=O) groups is 1. The molecule has 1 saturated carbocycles. The highest BCUT2D eigenvalue weighted by Gasteiger charge is 2.51. The van der Waals surface area contributed by atoms with E-state index < -0.39 is 5.41 Å². The first-order valence-corrected chi connectivity index (χ1v) is 8.44. The topological polar surface area (TPSA) is 47.6 Å². The lowest BCUT2D eigenvalue weighted by Crippen LogP contribution is -2.28. The normalized spacial score (nSPS) is 17.4. The quantitative estimate of drug-likeness (QED) is 0.887. The summed E-state index contributed by atoms with van der Waals surface area (Å²) in [5.74, 6) is 1.52. The van der Waals surface area contributed by atoms with E-state index in [1.807, 2.05) is 42.5 Å². The maximum absolute atomic E-state index is 12.8. The van der Waals surface area contributed by atoms with Crippen molar-refractivity contribution in [1.29, 1.82) is 0 Å². The van der Waals surface area contributed by atoms with Crippen LogP contribution in [0.3, 0.4) is 0 Å². The van der Waals surface area contributed by atoms with E-state index in [4.69, 9.17) is 9.47 Å². The number of hydrogen-bond acceptors (Lipinski definition) is 3.